The van der Waals surface area contributed by atoms with Crippen LogP contribution >= 0.6 is 11.6 Å². The minimum atomic E-state index is -1.20. The number of halogens is 1. The fraction of sp³-hybridized carbons (Fsp3) is 0.360. The summed E-state index contributed by atoms with van der Waals surface area (Å²) in [5, 5.41) is 9.89. The summed E-state index contributed by atoms with van der Waals surface area (Å²) in [5.74, 6) is -0.592. The Morgan fingerprint density at radius 1 is 1.10 bits per heavy atom. The van der Waals surface area contributed by atoms with Crippen LogP contribution in [0, 0.1) is 0 Å². The third kappa shape index (κ3) is 5.17. The largest absolute Gasteiger partial charge is 0.477 e. The summed E-state index contributed by atoms with van der Waals surface area (Å²) in [6.07, 6.45) is 2.52. The molecule has 0 aliphatic carbocycles. The first-order valence-electron chi connectivity index (χ1n) is 10.7. The van der Waals surface area contributed by atoms with E-state index in [1.807, 2.05) is 42.7 Å². The first kappa shape index (κ1) is 23.0. The Bertz CT molecular complexity index is 1110. The van der Waals surface area contributed by atoms with E-state index in [9.17, 15) is 14.7 Å². The van der Waals surface area contributed by atoms with Gasteiger partial charge in [0.1, 0.15) is 5.56 Å². The topological polar surface area (TPSA) is 62.5 Å². The molecule has 3 aromatic rings. The lowest BCUT2D eigenvalue weighted by atomic mass is 10.0. The van der Waals surface area contributed by atoms with Crippen molar-refractivity contribution < 1.29 is 9.90 Å². The van der Waals surface area contributed by atoms with Crippen LogP contribution in [-0.2, 0) is 6.54 Å². The molecule has 2 aromatic carbocycles. The van der Waals surface area contributed by atoms with Crippen LogP contribution in [0.2, 0.25) is 0 Å². The number of benzene rings is 2. The average molecular weight is 441 g/mol. The molecule has 1 aromatic heterocycles. The molecule has 0 saturated carbocycles. The number of aromatic carboxylic acids is 1. The van der Waals surface area contributed by atoms with Crippen LogP contribution in [0.25, 0.3) is 22.0 Å². The molecule has 164 valence electrons. The van der Waals surface area contributed by atoms with Crippen LogP contribution in [0.5, 0.6) is 0 Å². The molecule has 0 unspecified atom stereocenters. The summed E-state index contributed by atoms with van der Waals surface area (Å²) in [5.41, 5.74) is 3.17. The molecule has 0 radical (unpaired) electrons. The number of hydrogen-bond donors (Lipinski definition) is 1. The predicted molar refractivity (Wildman–Crippen MR) is 127 cm³/mol. The van der Waals surface area contributed by atoms with Gasteiger partial charge in [0.05, 0.1) is 5.52 Å². The highest BCUT2D eigenvalue weighted by Crippen LogP contribution is 2.25. The maximum Gasteiger partial charge on any atom is 0.341 e. The van der Waals surface area contributed by atoms with Gasteiger partial charge in [0.15, 0.2) is 0 Å². The molecule has 0 aliphatic heterocycles. The van der Waals surface area contributed by atoms with Crippen molar-refractivity contribution in [3.05, 3.63) is 70.0 Å². The summed E-state index contributed by atoms with van der Waals surface area (Å²) >= 11 is 5.92. The monoisotopic (exact) mass is 440 g/mol. The summed E-state index contributed by atoms with van der Waals surface area (Å²) in [7, 11) is 0. The van der Waals surface area contributed by atoms with Gasteiger partial charge in [0, 0.05) is 36.6 Å². The van der Waals surface area contributed by atoms with E-state index in [0.29, 0.717) is 11.3 Å². The van der Waals surface area contributed by atoms with Crippen molar-refractivity contribution >= 4 is 28.5 Å². The average Bonchev–Trinajstić information content (AvgIpc) is 2.74. The molecule has 0 amide bonds. The van der Waals surface area contributed by atoms with Gasteiger partial charge in [-0.25, -0.2) is 4.79 Å². The highest BCUT2D eigenvalue weighted by atomic mass is 35.5. The van der Waals surface area contributed by atoms with Crippen molar-refractivity contribution in [2.45, 2.75) is 39.8 Å². The maximum absolute atomic E-state index is 12.8. The SMILES string of the molecule is CCCN(CCCl)Cc1ccc(-c2ccc3c(c2)c(=O)c(C(=O)O)cn3C(C)C)cc1. The molecule has 0 fully saturated rings. The zero-order chi connectivity index (χ0) is 22.5. The number of rotatable bonds is 9. The lowest BCUT2D eigenvalue weighted by Crippen LogP contribution is -2.26. The van der Waals surface area contributed by atoms with Crippen molar-refractivity contribution in [3.63, 3.8) is 0 Å². The number of carboxylic acids is 1. The Hall–Kier alpha value is -2.63. The number of carbonyl (C=O) groups is 1. The molecular formula is C25H29ClN2O3. The number of fused-ring (bicyclic) bond motifs is 1. The van der Waals surface area contributed by atoms with Gasteiger partial charge in [-0.1, -0.05) is 37.3 Å². The highest BCUT2D eigenvalue weighted by Gasteiger charge is 2.16. The molecule has 31 heavy (non-hydrogen) atoms. The Morgan fingerprint density at radius 2 is 1.77 bits per heavy atom. The fourth-order valence-electron chi connectivity index (χ4n) is 3.88. The Morgan fingerprint density at radius 3 is 2.35 bits per heavy atom. The highest BCUT2D eigenvalue weighted by molar-refractivity contribution is 6.18. The molecule has 0 saturated heterocycles. The second-order valence-electron chi connectivity index (χ2n) is 8.07. The standard InChI is InChI=1S/C25H29ClN2O3/c1-4-12-27(13-11-26)15-18-5-7-19(8-6-18)20-9-10-23-21(14-20)24(29)22(25(30)31)16-28(23)17(2)3/h5-10,14,16-17H,4,11-13,15H2,1-3H3,(H,30,31). The molecule has 5 nitrogen and oxygen atoms in total. The van der Waals surface area contributed by atoms with Gasteiger partial charge in [-0.15, -0.1) is 11.6 Å². The van der Waals surface area contributed by atoms with Crippen molar-refractivity contribution in [1.82, 2.24) is 9.47 Å². The van der Waals surface area contributed by atoms with Gasteiger partial charge < -0.3 is 9.67 Å². The maximum atomic E-state index is 12.8. The van der Waals surface area contributed by atoms with E-state index in [-0.39, 0.29) is 11.6 Å². The van der Waals surface area contributed by atoms with E-state index < -0.39 is 11.4 Å². The molecule has 1 N–H and O–H groups in total. The van der Waals surface area contributed by atoms with Gasteiger partial charge in [-0.3, -0.25) is 9.69 Å². The predicted octanol–water partition coefficient (Wildman–Crippen LogP) is 5.40. The number of pyridine rings is 1. The number of alkyl halides is 1. The van der Waals surface area contributed by atoms with Crippen LogP contribution in [0.3, 0.4) is 0 Å². The summed E-state index contributed by atoms with van der Waals surface area (Å²) in [4.78, 5) is 26.7. The van der Waals surface area contributed by atoms with Crippen LogP contribution in [0.1, 0.15) is 49.2 Å². The van der Waals surface area contributed by atoms with Crippen LogP contribution in [0.15, 0.2) is 53.5 Å². The lowest BCUT2D eigenvalue weighted by Gasteiger charge is -2.20. The molecule has 0 spiro atoms. The Balaban J connectivity index is 1.99. The zero-order valence-electron chi connectivity index (χ0n) is 18.3. The molecule has 0 aliphatic rings. The van der Waals surface area contributed by atoms with Crippen molar-refractivity contribution in [3.8, 4) is 11.1 Å². The van der Waals surface area contributed by atoms with Gasteiger partial charge in [0.25, 0.3) is 0 Å². The summed E-state index contributed by atoms with van der Waals surface area (Å²) < 4.78 is 1.84. The van der Waals surface area contributed by atoms with Crippen molar-refractivity contribution in [1.29, 1.82) is 0 Å². The number of aromatic nitrogens is 1. The Labute approximate surface area is 187 Å². The number of carboxylic acid groups (broad SMARTS) is 1. The molecular weight excluding hydrogens is 412 g/mol. The summed E-state index contributed by atoms with van der Waals surface area (Å²) in [6.45, 7) is 8.80. The van der Waals surface area contributed by atoms with E-state index in [4.69, 9.17) is 11.6 Å². The molecule has 0 bridgehead atoms. The van der Waals surface area contributed by atoms with E-state index in [2.05, 4.69) is 24.0 Å². The second-order valence-corrected chi connectivity index (χ2v) is 8.45. The van der Waals surface area contributed by atoms with Crippen molar-refractivity contribution in [2.75, 3.05) is 19.0 Å². The quantitative estimate of drug-likeness (QED) is 0.452. The van der Waals surface area contributed by atoms with Crippen LogP contribution < -0.4 is 5.43 Å². The van der Waals surface area contributed by atoms with Crippen molar-refractivity contribution in [2.24, 2.45) is 0 Å². The van der Waals surface area contributed by atoms with Gasteiger partial charge >= 0.3 is 5.97 Å². The third-order valence-corrected chi connectivity index (χ3v) is 5.62. The van der Waals surface area contributed by atoms with Gasteiger partial charge in [-0.05, 0) is 55.6 Å². The minimum absolute atomic E-state index is 0.0328. The molecule has 3 rings (SSSR count). The first-order valence-corrected chi connectivity index (χ1v) is 11.2. The second kappa shape index (κ2) is 10.1. The van der Waals surface area contributed by atoms with Gasteiger partial charge in [0.2, 0.25) is 5.43 Å². The summed E-state index contributed by atoms with van der Waals surface area (Å²) in [6, 6.07) is 14.0. The Kier molecular flexibility index (Phi) is 7.52. The normalized spacial score (nSPS) is 11.5. The molecule has 1 heterocycles. The van der Waals surface area contributed by atoms with E-state index >= 15 is 0 Å². The molecule has 6 heteroatoms. The third-order valence-electron chi connectivity index (χ3n) is 5.45. The van der Waals surface area contributed by atoms with Crippen LogP contribution in [0.4, 0.5) is 0 Å². The van der Waals surface area contributed by atoms with Crippen LogP contribution in [-0.4, -0.2) is 39.5 Å². The number of nitrogens with zero attached hydrogens (tertiary/aromatic N) is 2. The minimum Gasteiger partial charge on any atom is -0.477 e. The number of hydrogen-bond acceptors (Lipinski definition) is 3. The van der Waals surface area contributed by atoms with E-state index in [1.165, 1.54) is 11.8 Å². The first-order chi connectivity index (χ1) is 14.8. The molecule has 0 atom stereocenters. The van der Waals surface area contributed by atoms with Gasteiger partial charge in [-0.2, -0.15) is 0 Å². The van der Waals surface area contributed by atoms with E-state index in [0.717, 1.165) is 42.7 Å². The zero-order valence-corrected chi connectivity index (χ0v) is 19.0. The fourth-order valence-corrected chi connectivity index (χ4v) is 4.12. The lowest BCUT2D eigenvalue weighted by molar-refractivity contribution is 0.0694. The smallest absolute Gasteiger partial charge is 0.341 e. The van der Waals surface area contributed by atoms with E-state index in [1.54, 1.807) is 6.07 Å².